The van der Waals surface area contributed by atoms with Crippen molar-refractivity contribution in [2.24, 2.45) is 5.92 Å². The first-order valence-corrected chi connectivity index (χ1v) is 7.75. The highest BCUT2D eigenvalue weighted by atomic mass is 16.6. The van der Waals surface area contributed by atoms with Gasteiger partial charge in [-0.2, -0.15) is 0 Å². The van der Waals surface area contributed by atoms with Crippen LogP contribution in [-0.2, 0) is 0 Å². The van der Waals surface area contributed by atoms with Gasteiger partial charge in [0.05, 0.1) is 11.5 Å². The topological polar surface area (TPSA) is 68.5 Å². The molecule has 6 nitrogen and oxygen atoms in total. The number of rotatable bonds is 5. The molecule has 6 heteroatoms. The first kappa shape index (κ1) is 15.3. The van der Waals surface area contributed by atoms with E-state index < -0.39 is 4.92 Å². The van der Waals surface area contributed by atoms with Crippen molar-refractivity contribution in [2.45, 2.75) is 12.8 Å². The van der Waals surface area contributed by atoms with E-state index in [2.05, 4.69) is 9.88 Å². The number of piperidine rings is 1. The monoisotopic (exact) mass is 313 g/mol. The number of nitro groups is 1. The van der Waals surface area contributed by atoms with Crippen LogP contribution < -0.4 is 9.64 Å². The summed E-state index contributed by atoms with van der Waals surface area (Å²) in [7, 11) is 0. The average molecular weight is 313 g/mol. The maximum Gasteiger partial charge on any atom is 0.287 e. The fourth-order valence-electron chi connectivity index (χ4n) is 2.81. The summed E-state index contributed by atoms with van der Waals surface area (Å²) in [6.45, 7) is 2.46. The van der Waals surface area contributed by atoms with Gasteiger partial charge in [-0.15, -0.1) is 0 Å². The third-order valence-corrected chi connectivity index (χ3v) is 4.01. The molecule has 0 radical (unpaired) electrons. The van der Waals surface area contributed by atoms with Crippen LogP contribution in [0, 0.1) is 16.0 Å². The number of hydrogen-bond acceptors (Lipinski definition) is 5. The van der Waals surface area contributed by atoms with Crippen molar-refractivity contribution >= 4 is 11.5 Å². The maximum atomic E-state index is 10.7. The van der Waals surface area contributed by atoms with Crippen LogP contribution in [0.25, 0.3) is 0 Å². The number of ether oxygens (including phenoxy) is 1. The Morgan fingerprint density at radius 3 is 2.78 bits per heavy atom. The SMILES string of the molecule is O=[N+]([O-])c1ccc(N2CCCC(COc3ccccc3)C2)nc1. The largest absolute Gasteiger partial charge is 0.493 e. The van der Waals surface area contributed by atoms with E-state index in [1.807, 2.05) is 30.3 Å². The highest BCUT2D eigenvalue weighted by Crippen LogP contribution is 2.23. The molecule has 0 spiro atoms. The van der Waals surface area contributed by atoms with Gasteiger partial charge in [-0.05, 0) is 31.0 Å². The molecule has 3 rings (SSSR count). The van der Waals surface area contributed by atoms with Crippen LogP contribution in [0.1, 0.15) is 12.8 Å². The van der Waals surface area contributed by atoms with Crippen LogP contribution in [0.5, 0.6) is 5.75 Å². The molecule has 0 bridgehead atoms. The van der Waals surface area contributed by atoms with E-state index in [9.17, 15) is 10.1 Å². The molecule has 0 aliphatic carbocycles. The van der Waals surface area contributed by atoms with E-state index in [1.54, 1.807) is 6.07 Å². The quantitative estimate of drug-likeness (QED) is 0.626. The third-order valence-electron chi connectivity index (χ3n) is 4.01. The number of aromatic nitrogens is 1. The van der Waals surface area contributed by atoms with Crippen molar-refractivity contribution in [1.29, 1.82) is 0 Å². The van der Waals surface area contributed by atoms with E-state index in [1.165, 1.54) is 12.3 Å². The number of para-hydroxylation sites is 1. The second-order valence-electron chi connectivity index (χ2n) is 5.71. The van der Waals surface area contributed by atoms with Crippen LogP contribution >= 0.6 is 0 Å². The molecule has 1 aromatic heterocycles. The summed E-state index contributed by atoms with van der Waals surface area (Å²) in [4.78, 5) is 16.7. The highest BCUT2D eigenvalue weighted by molar-refractivity contribution is 5.43. The summed E-state index contributed by atoms with van der Waals surface area (Å²) in [5.74, 6) is 2.11. The number of hydrogen-bond donors (Lipinski definition) is 0. The van der Waals surface area contributed by atoms with E-state index in [0.29, 0.717) is 12.5 Å². The van der Waals surface area contributed by atoms with Crippen LogP contribution in [0.3, 0.4) is 0 Å². The molecule has 1 aromatic carbocycles. The molecule has 0 N–H and O–H groups in total. The second-order valence-corrected chi connectivity index (χ2v) is 5.71. The smallest absolute Gasteiger partial charge is 0.287 e. The molecule has 1 aliphatic rings. The summed E-state index contributed by atoms with van der Waals surface area (Å²) in [6, 6.07) is 13.0. The normalized spacial score (nSPS) is 17.7. The van der Waals surface area contributed by atoms with E-state index in [0.717, 1.165) is 37.5 Å². The highest BCUT2D eigenvalue weighted by Gasteiger charge is 2.22. The Hall–Kier alpha value is -2.63. The fraction of sp³-hybridized carbons (Fsp3) is 0.353. The van der Waals surface area contributed by atoms with Crippen molar-refractivity contribution in [3.05, 3.63) is 58.8 Å². The first-order chi connectivity index (χ1) is 11.2. The molecule has 1 saturated heterocycles. The van der Waals surface area contributed by atoms with Gasteiger partial charge in [0.15, 0.2) is 0 Å². The van der Waals surface area contributed by atoms with Gasteiger partial charge >= 0.3 is 0 Å². The van der Waals surface area contributed by atoms with Crippen molar-refractivity contribution < 1.29 is 9.66 Å². The molecule has 120 valence electrons. The van der Waals surface area contributed by atoms with Crippen molar-refractivity contribution in [3.8, 4) is 5.75 Å². The van der Waals surface area contributed by atoms with Crippen LogP contribution in [-0.4, -0.2) is 29.6 Å². The zero-order chi connectivity index (χ0) is 16.1. The first-order valence-electron chi connectivity index (χ1n) is 7.75. The Balaban J connectivity index is 1.58. The zero-order valence-electron chi connectivity index (χ0n) is 12.8. The van der Waals surface area contributed by atoms with Gasteiger partial charge in [0.2, 0.25) is 0 Å². The molecule has 1 atom stereocenters. The molecule has 2 heterocycles. The van der Waals surface area contributed by atoms with Crippen molar-refractivity contribution in [2.75, 3.05) is 24.6 Å². The Kier molecular flexibility index (Phi) is 4.71. The summed E-state index contributed by atoms with van der Waals surface area (Å²) < 4.78 is 5.84. The molecule has 1 aliphatic heterocycles. The Morgan fingerprint density at radius 2 is 2.09 bits per heavy atom. The molecule has 23 heavy (non-hydrogen) atoms. The lowest BCUT2D eigenvalue weighted by Crippen LogP contribution is -2.38. The molecular formula is C17H19N3O3. The maximum absolute atomic E-state index is 10.7. The number of anilines is 1. The lowest BCUT2D eigenvalue weighted by atomic mass is 9.99. The molecule has 1 fully saturated rings. The standard InChI is InChI=1S/C17H19N3O3/c21-20(22)15-8-9-17(18-11-15)19-10-4-5-14(12-19)13-23-16-6-2-1-3-7-16/h1-3,6-9,11,14H,4-5,10,12-13H2. The predicted molar refractivity (Wildman–Crippen MR) is 87.8 cm³/mol. The number of pyridine rings is 1. The second kappa shape index (κ2) is 7.09. The summed E-state index contributed by atoms with van der Waals surface area (Å²) >= 11 is 0. The van der Waals surface area contributed by atoms with Gasteiger partial charge < -0.3 is 9.64 Å². The summed E-state index contributed by atoms with van der Waals surface area (Å²) in [6.07, 6.45) is 3.51. The van der Waals surface area contributed by atoms with Crippen LogP contribution in [0.2, 0.25) is 0 Å². The van der Waals surface area contributed by atoms with Gasteiger partial charge in [0.1, 0.15) is 17.8 Å². The molecular weight excluding hydrogens is 294 g/mol. The Morgan fingerprint density at radius 1 is 1.26 bits per heavy atom. The van der Waals surface area contributed by atoms with Gasteiger partial charge in [-0.1, -0.05) is 18.2 Å². The summed E-state index contributed by atoms with van der Waals surface area (Å²) in [5.41, 5.74) is 0.0229. The minimum Gasteiger partial charge on any atom is -0.493 e. The molecule has 0 amide bonds. The molecule has 1 unspecified atom stereocenters. The predicted octanol–water partition coefficient (Wildman–Crippen LogP) is 3.29. The van der Waals surface area contributed by atoms with Gasteiger partial charge in [0.25, 0.3) is 5.69 Å². The Labute approximate surface area is 134 Å². The minimum absolute atomic E-state index is 0.0229. The molecule has 0 saturated carbocycles. The zero-order valence-corrected chi connectivity index (χ0v) is 12.8. The van der Waals surface area contributed by atoms with E-state index >= 15 is 0 Å². The lowest BCUT2D eigenvalue weighted by molar-refractivity contribution is -0.385. The lowest BCUT2D eigenvalue weighted by Gasteiger charge is -2.33. The Bertz CT molecular complexity index is 646. The van der Waals surface area contributed by atoms with Crippen LogP contribution in [0.4, 0.5) is 11.5 Å². The van der Waals surface area contributed by atoms with Crippen LogP contribution in [0.15, 0.2) is 48.7 Å². The minimum atomic E-state index is -0.427. The van der Waals surface area contributed by atoms with Crippen molar-refractivity contribution in [1.82, 2.24) is 4.98 Å². The summed E-state index contributed by atoms with van der Waals surface area (Å²) in [5, 5.41) is 10.7. The molecule has 2 aromatic rings. The number of benzene rings is 1. The van der Waals surface area contributed by atoms with Gasteiger partial charge in [0, 0.05) is 25.1 Å². The average Bonchev–Trinajstić information content (AvgIpc) is 2.61. The van der Waals surface area contributed by atoms with E-state index in [4.69, 9.17) is 4.74 Å². The number of nitrogens with zero attached hydrogens (tertiary/aromatic N) is 3. The van der Waals surface area contributed by atoms with Gasteiger partial charge in [-0.3, -0.25) is 10.1 Å². The van der Waals surface area contributed by atoms with E-state index in [-0.39, 0.29) is 5.69 Å². The van der Waals surface area contributed by atoms with Gasteiger partial charge in [-0.25, -0.2) is 4.98 Å². The fourth-order valence-corrected chi connectivity index (χ4v) is 2.81. The van der Waals surface area contributed by atoms with Crippen molar-refractivity contribution in [3.63, 3.8) is 0 Å². The third kappa shape index (κ3) is 3.97.